The lowest BCUT2D eigenvalue weighted by molar-refractivity contribution is -0.384. The molecule has 0 aliphatic carbocycles. The number of carbonyl (C=O) groups is 2. The van der Waals surface area contributed by atoms with Crippen molar-refractivity contribution >= 4 is 34.9 Å². The van der Waals surface area contributed by atoms with Crippen molar-refractivity contribution < 1.29 is 24.4 Å². The number of carboxylic acids is 1. The third-order valence-electron chi connectivity index (χ3n) is 3.06. The topological polar surface area (TPSA) is 119 Å². The van der Waals surface area contributed by atoms with Gasteiger partial charge in [-0.05, 0) is 18.2 Å². The van der Waals surface area contributed by atoms with E-state index in [2.05, 4.69) is 5.32 Å². The quantitative estimate of drug-likeness (QED) is 0.631. The normalized spacial score (nSPS) is 10.1. The Balaban J connectivity index is 2.39. The number of nitro groups is 1. The number of hydrogen-bond donors (Lipinski definition) is 2. The molecule has 0 bridgehead atoms. The molecular formula is C15H11ClN2O6. The van der Waals surface area contributed by atoms with Crippen LogP contribution in [0.2, 0.25) is 5.02 Å². The van der Waals surface area contributed by atoms with Gasteiger partial charge in [-0.25, -0.2) is 4.79 Å². The summed E-state index contributed by atoms with van der Waals surface area (Å²) in [4.78, 5) is 33.5. The molecule has 0 heterocycles. The number of aromatic carboxylic acids is 1. The SMILES string of the molecule is COc1c(Cl)cc(C(=O)O)cc1NC(=O)c1cccc([N+](=O)[O-])c1. The van der Waals surface area contributed by atoms with Crippen LogP contribution in [0.3, 0.4) is 0 Å². The Morgan fingerprint density at radius 2 is 1.96 bits per heavy atom. The van der Waals surface area contributed by atoms with E-state index in [-0.39, 0.29) is 33.3 Å². The summed E-state index contributed by atoms with van der Waals surface area (Å²) < 4.78 is 5.06. The number of ether oxygens (including phenoxy) is 1. The van der Waals surface area contributed by atoms with Gasteiger partial charge in [-0.1, -0.05) is 17.7 Å². The van der Waals surface area contributed by atoms with Crippen molar-refractivity contribution in [3.05, 3.63) is 62.7 Å². The summed E-state index contributed by atoms with van der Waals surface area (Å²) in [5.41, 5.74) is -0.316. The van der Waals surface area contributed by atoms with Crippen molar-refractivity contribution in [1.82, 2.24) is 0 Å². The number of carbonyl (C=O) groups excluding carboxylic acids is 1. The maximum Gasteiger partial charge on any atom is 0.335 e. The second kappa shape index (κ2) is 6.97. The summed E-state index contributed by atoms with van der Waals surface area (Å²) in [6.45, 7) is 0. The molecular weight excluding hydrogens is 340 g/mol. The van der Waals surface area contributed by atoms with E-state index in [0.29, 0.717) is 0 Å². The Morgan fingerprint density at radius 3 is 2.54 bits per heavy atom. The molecule has 0 radical (unpaired) electrons. The first-order chi connectivity index (χ1) is 11.3. The van der Waals surface area contributed by atoms with Crippen molar-refractivity contribution in [3.8, 4) is 5.75 Å². The van der Waals surface area contributed by atoms with E-state index in [4.69, 9.17) is 21.4 Å². The lowest BCUT2D eigenvalue weighted by atomic mass is 10.1. The molecule has 0 saturated carbocycles. The fourth-order valence-corrected chi connectivity index (χ4v) is 2.27. The second-order valence-corrected chi connectivity index (χ2v) is 5.01. The maximum absolute atomic E-state index is 12.3. The number of non-ortho nitro benzene ring substituents is 1. The zero-order valence-corrected chi connectivity index (χ0v) is 13.0. The standard InChI is InChI=1S/C15H11ClN2O6/c1-24-13-11(16)6-9(15(20)21)7-12(13)17-14(19)8-3-2-4-10(5-8)18(22)23/h2-7H,1H3,(H,17,19)(H,20,21). The zero-order valence-electron chi connectivity index (χ0n) is 12.3. The van der Waals surface area contributed by atoms with Crippen LogP contribution in [0.4, 0.5) is 11.4 Å². The molecule has 0 saturated heterocycles. The van der Waals surface area contributed by atoms with Crippen molar-refractivity contribution in [2.24, 2.45) is 0 Å². The molecule has 124 valence electrons. The monoisotopic (exact) mass is 350 g/mol. The van der Waals surface area contributed by atoms with Gasteiger partial charge in [0.15, 0.2) is 5.75 Å². The van der Waals surface area contributed by atoms with Gasteiger partial charge in [-0.3, -0.25) is 14.9 Å². The third-order valence-corrected chi connectivity index (χ3v) is 3.34. The summed E-state index contributed by atoms with van der Waals surface area (Å²) in [6.07, 6.45) is 0. The lowest BCUT2D eigenvalue weighted by Gasteiger charge is -2.13. The molecule has 9 heteroatoms. The highest BCUT2D eigenvalue weighted by Crippen LogP contribution is 2.34. The maximum atomic E-state index is 12.3. The summed E-state index contributed by atoms with van der Waals surface area (Å²) in [7, 11) is 1.31. The number of amides is 1. The molecule has 2 N–H and O–H groups in total. The summed E-state index contributed by atoms with van der Waals surface area (Å²) in [5.74, 6) is -1.82. The number of rotatable bonds is 5. The lowest BCUT2D eigenvalue weighted by Crippen LogP contribution is -2.14. The number of benzene rings is 2. The molecule has 24 heavy (non-hydrogen) atoms. The van der Waals surface area contributed by atoms with Crippen LogP contribution in [0, 0.1) is 10.1 Å². The highest BCUT2D eigenvalue weighted by Gasteiger charge is 2.18. The van der Waals surface area contributed by atoms with E-state index in [0.717, 1.165) is 6.07 Å². The Kier molecular flexibility index (Phi) is 5.00. The van der Waals surface area contributed by atoms with Crippen molar-refractivity contribution in [2.75, 3.05) is 12.4 Å². The minimum atomic E-state index is -1.23. The number of nitrogens with one attached hydrogen (secondary N) is 1. The molecule has 1 amide bonds. The van der Waals surface area contributed by atoms with Gasteiger partial charge in [0.05, 0.1) is 28.3 Å². The van der Waals surface area contributed by atoms with Gasteiger partial charge in [0.1, 0.15) is 0 Å². The summed E-state index contributed by atoms with van der Waals surface area (Å²) in [6, 6.07) is 7.47. The van der Waals surface area contributed by atoms with Gasteiger partial charge in [-0.2, -0.15) is 0 Å². The predicted molar refractivity (Wildman–Crippen MR) is 86.0 cm³/mol. The number of methoxy groups -OCH3 is 1. The predicted octanol–water partition coefficient (Wildman–Crippen LogP) is 3.21. The molecule has 0 fully saturated rings. The van der Waals surface area contributed by atoms with Crippen LogP contribution in [0.15, 0.2) is 36.4 Å². The van der Waals surface area contributed by atoms with Gasteiger partial charge >= 0.3 is 5.97 Å². The first-order valence-electron chi connectivity index (χ1n) is 6.50. The second-order valence-electron chi connectivity index (χ2n) is 4.61. The molecule has 2 aromatic rings. The van der Waals surface area contributed by atoms with Gasteiger partial charge in [0, 0.05) is 17.7 Å². The van der Waals surface area contributed by atoms with Crippen LogP contribution in [-0.4, -0.2) is 29.0 Å². The minimum Gasteiger partial charge on any atom is -0.493 e. The number of carboxylic acid groups (broad SMARTS) is 1. The number of nitro benzene ring substituents is 1. The van der Waals surface area contributed by atoms with E-state index < -0.39 is 16.8 Å². The van der Waals surface area contributed by atoms with Crippen LogP contribution in [0.5, 0.6) is 5.75 Å². The summed E-state index contributed by atoms with van der Waals surface area (Å²) in [5, 5.41) is 22.3. The number of halogens is 1. The van der Waals surface area contributed by atoms with Crippen LogP contribution < -0.4 is 10.1 Å². The van der Waals surface area contributed by atoms with E-state index in [9.17, 15) is 19.7 Å². The van der Waals surface area contributed by atoms with E-state index in [1.165, 1.54) is 37.4 Å². The molecule has 0 aliphatic rings. The van der Waals surface area contributed by atoms with Gasteiger partial charge in [0.25, 0.3) is 11.6 Å². The smallest absolute Gasteiger partial charge is 0.335 e. The number of hydrogen-bond acceptors (Lipinski definition) is 5. The molecule has 2 aromatic carbocycles. The highest BCUT2D eigenvalue weighted by molar-refractivity contribution is 6.33. The fraction of sp³-hybridized carbons (Fsp3) is 0.0667. The van der Waals surface area contributed by atoms with Crippen LogP contribution in [0.1, 0.15) is 20.7 Å². The van der Waals surface area contributed by atoms with Crippen molar-refractivity contribution in [2.45, 2.75) is 0 Å². The molecule has 0 spiro atoms. The Bertz CT molecular complexity index is 837. The third kappa shape index (κ3) is 3.61. The molecule has 2 rings (SSSR count). The first-order valence-corrected chi connectivity index (χ1v) is 6.88. The van der Waals surface area contributed by atoms with Crippen molar-refractivity contribution in [3.63, 3.8) is 0 Å². The van der Waals surface area contributed by atoms with Crippen LogP contribution in [-0.2, 0) is 0 Å². The molecule has 8 nitrogen and oxygen atoms in total. The molecule has 0 aliphatic heterocycles. The van der Waals surface area contributed by atoms with Gasteiger partial charge in [0.2, 0.25) is 0 Å². The average molecular weight is 351 g/mol. The highest BCUT2D eigenvalue weighted by atomic mass is 35.5. The number of anilines is 1. The Labute approximate surface area is 140 Å². The Hall–Kier alpha value is -3.13. The van der Waals surface area contributed by atoms with E-state index >= 15 is 0 Å². The molecule has 0 aromatic heterocycles. The van der Waals surface area contributed by atoms with Gasteiger partial charge in [-0.15, -0.1) is 0 Å². The molecule has 0 atom stereocenters. The Morgan fingerprint density at radius 1 is 1.25 bits per heavy atom. The van der Waals surface area contributed by atoms with Crippen LogP contribution >= 0.6 is 11.6 Å². The van der Waals surface area contributed by atoms with Crippen LogP contribution in [0.25, 0.3) is 0 Å². The zero-order chi connectivity index (χ0) is 17.9. The fourth-order valence-electron chi connectivity index (χ4n) is 1.97. The minimum absolute atomic E-state index is 0.00624. The largest absolute Gasteiger partial charge is 0.493 e. The number of nitrogens with zero attached hydrogens (tertiary/aromatic N) is 1. The van der Waals surface area contributed by atoms with Gasteiger partial charge < -0.3 is 15.2 Å². The van der Waals surface area contributed by atoms with Crippen molar-refractivity contribution in [1.29, 1.82) is 0 Å². The van der Waals surface area contributed by atoms with E-state index in [1.54, 1.807) is 0 Å². The summed E-state index contributed by atoms with van der Waals surface area (Å²) >= 11 is 5.95. The molecule has 0 unspecified atom stereocenters. The van der Waals surface area contributed by atoms with E-state index in [1.807, 2.05) is 0 Å². The first kappa shape index (κ1) is 17.2. The average Bonchev–Trinajstić information content (AvgIpc) is 2.54.